The van der Waals surface area contributed by atoms with Gasteiger partial charge in [-0.3, -0.25) is 0 Å². The van der Waals surface area contributed by atoms with Crippen LogP contribution in [0.2, 0.25) is 0 Å². The van der Waals surface area contributed by atoms with E-state index >= 15 is 0 Å². The van der Waals surface area contributed by atoms with Gasteiger partial charge in [-0.1, -0.05) is 18.2 Å². The standard InChI is InChI=1S/C17H21NO/c1-12(18-11-17(8-9-17)14-6-7-14)16-10-13-4-2-3-5-15(13)19-16/h2-5,10,12,14,18H,6-9,11H2,1H3. The van der Waals surface area contributed by atoms with Crippen LogP contribution in [0, 0.1) is 11.3 Å². The number of hydrogen-bond acceptors (Lipinski definition) is 2. The molecule has 2 aliphatic carbocycles. The lowest BCUT2D eigenvalue weighted by Gasteiger charge is -2.18. The zero-order chi connectivity index (χ0) is 12.9. The number of fused-ring (bicyclic) bond motifs is 1. The molecule has 1 aromatic carbocycles. The molecule has 2 aromatic rings. The SMILES string of the molecule is CC(NCC1(C2CC2)CC1)c1cc2ccccc2o1. The van der Waals surface area contributed by atoms with E-state index in [2.05, 4.69) is 30.4 Å². The summed E-state index contributed by atoms with van der Waals surface area (Å²) in [5.41, 5.74) is 1.65. The second-order valence-electron chi connectivity index (χ2n) is 6.43. The van der Waals surface area contributed by atoms with Crippen LogP contribution in [-0.2, 0) is 0 Å². The first kappa shape index (κ1) is 11.5. The topological polar surface area (TPSA) is 25.2 Å². The summed E-state index contributed by atoms with van der Waals surface area (Å²) in [6.07, 6.45) is 5.77. The van der Waals surface area contributed by atoms with Gasteiger partial charge in [-0.05, 0) is 56.1 Å². The second-order valence-corrected chi connectivity index (χ2v) is 6.43. The van der Waals surface area contributed by atoms with Gasteiger partial charge in [-0.25, -0.2) is 0 Å². The molecule has 0 amide bonds. The molecule has 2 aliphatic rings. The van der Waals surface area contributed by atoms with Gasteiger partial charge in [0, 0.05) is 11.9 Å². The van der Waals surface area contributed by atoms with Gasteiger partial charge in [0.1, 0.15) is 11.3 Å². The van der Waals surface area contributed by atoms with E-state index in [1.165, 1.54) is 31.1 Å². The Hall–Kier alpha value is -1.28. The molecule has 0 radical (unpaired) electrons. The third kappa shape index (κ3) is 2.08. The summed E-state index contributed by atoms with van der Waals surface area (Å²) in [5.74, 6) is 2.08. The number of nitrogens with one attached hydrogen (secondary N) is 1. The molecule has 1 atom stereocenters. The molecule has 100 valence electrons. The van der Waals surface area contributed by atoms with Gasteiger partial charge in [0.15, 0.2) is 0 Å². The molecule has 1 heterocycles. The highest BCUT2D eigenvalue weighted by Crippen LogP contribution is 2.60. The second kappa shape index (κ2) is 4.11. The molecule has 1 aromatic heterocycles. The monoisotopic (exact) mass is 255 g/mol. The number of para-hydroxylation sites is 1. The summed E-state index contributed by atoms with van der Waals surface area (Å²) in [6.45, 7) is 3.37. The number of furan rings is 1. The third-order valence-corrected chi connectivity index (χ3v) is 4.97. The van der Waals surface area contributed by atoms with Crippen LogP contribution in [0.15, 0.2) is 34.7 Å². The lowest BCUT2D eigenvalue weighted by atomic mass is 10.0. The lowest BCUT2D eigenvalue weighted by Crippen LogP contribution is -2.27. The first-order valence-corrected chi connectivity index (χ1v) is 7.49. The fourth-order valence-corrected chi connectivity index (χ4v) is 3.26. The average molecular weight is 255 g/mol. The van der Waals surface area contributed by atoms with Crippen LogP contribution in [0.1, 0.15) is 44.4 Å². The van der Waals surface area contributed by atoms with Crippen LogP contribution in [0.3, 0.4) is 0 Å². The molecular formula is C17H21NO. The van der Waals surface area contributed by atoms with Gasteiger partial charge in [0.05, 0.1) is 6.04 Å². The fraction of sp³-hybridized carbons (Fsp3) is 0.529. The predicted molar refractivity (Wildman–Crippen MR) is 77.0 cm³/mol. The summed E-state index contributed by atoms with van der Waals surface area (Å²) >= 11 is 0. The highest BCUT2D eigenvalue weighted by molar-refractivity contribution is 5.77. The van der Waals surface area contributed by atoms with E-state index in [1.807, 2.05) is 12.1 Å². The van der Waals surface area contributed by atoms with Gasteiger partial charge in [0.2, 0.25) is 0 Å². The van der Waals surface area contributed by atoms with E-state index in [0.29, 0.717) is 11.5 Å². The Morgan fingerprint density at radius 2 is 2.11 bits per heavy atom. The van der Waals surface area contributed by atoms with Crippen molar-refractivity contribution in [1.82, 2.24) is 5.32 Å². The van der Waals surface area contributed by atoms with Crippen molar-refractivity contribution in [2.75, 3.05) is 6.54 Å². The van der Waals surface area contributed by atoms with Crippen LogP contribution >= 0.6 is 0 Å². The molecule has 2 fully saturated rings. The zero-order valence-electron chi connectivity index (χ0n) is 11.5. The fourth-order valence-electron chi connectivity index (χ4n) is 3.26. The molecule has 0 spiro atoms. The van der Waals surface area contributed by atoms with E-state index in [9.17, 15) is 0 Å². The molecule has 4 rings (SSSR count). The minimum atomic E-state index is 0.309. The molecule has 0 saturated heterocycles. The Bertz CT molecular complexity index is 559. The van der Waals surface area contributed by atoms with Crippen LogP contribution < -0.4 is 5.32 Å². The maximum Gasteiger partial charge on any atom is 0.134 e. The van der Waals surface area contributed by atoms with Crippen molar-refractivity contribution in [3.8, 4) is 0 Å². The maximum atomic E-state index is 5.93. The maximum absolute atomic E-state index is 5.93. The van der Waals surface area contributed by atoms with Gasteiger partial charge in [0.25, 0.3) is 0 Å². The molecule has 1 N–H and O–H groups in total. The Labute approximate surface area is 114 Å². The first-order valence-electron chi connectivity index (χ1n) is 7.49. The van der Waals surface area contributed by atoms with Crippen molar-refractivity contribution in [3.63, 3.8) is 0 Å². The highest BCUT2D eigenvalue weighted by atomic mass is 16.3. The first-order chi connectivity index (χ1) is 9.27. The Morgan fingerprint density at radius 3 is 2.79 bits per heavy atom. The molecule has 19 heavy (non-hydrogen) atoms. The quantitative estimate of drug-likeness (QED) is 0.863. The van der Waals surface area contributed by atoms with E-state index in [1.54, 1.807) is 0 Å². The summed E-state index contributed by atoms with van der Waals surface area (Å²) in [5, 5.41) is 4.89. The van der Waals surface area contributed by atoms with Crippen LogP contribution in [-0.4, -0.2) is 6.54 Å². The van der Waals surface area contributed by atoms with Crippen LogP contribution in [0.5, 0.6) is 0 Å². The van der Waals surface area contributed by atoms with Crippen LogP contribution in [0.4, 0.5) is 0 Å². The van der Waals surface area contributed by atoms with E-state index < -0.39 is 0 Å². The molecule has 1 unspecified atom stereocenters. The normalized spacial score (nSPS) is 22.6. The Morgan fingerprint density at radius 1 is 1.32 bits per heavy atom. The molecular weight excluding hydrogens is 234 g/mol. The number of hydrogen-bond donors (Lipinski definition) is 1. The van der Waals surface area contributed by atoms with Crippen molar-refractivity contribution in [3.05, 3.63) is 36.1 Å². The lowest BCUT2D eigenvalue weighted by molar-refractivity contribution is 0.361. The minimum Gasteiger partial charge on any atom is -0.459 e. The van der Waals surface area contributed by atoms with Crippen molar-refractivity contribution in [2.24, 2.45) is 11.3 Å². The molecule has 0 bridgehead atoms. The van der Waals surface area contributed by atoms with Crippen LogP contribution in [0.25, 0.3) is 11.0 Å². The summed E-state index contributed by atoms with van der Waals surface area (Å²) in [7, 11) is 0. The largest absolute Gasteiger partial charge is 0.459 e. The van der Waals surface area contributed by atoms with E-state index in [4.69, 9.17) is 4.42 Å². The average Bonchev–Trinajstić information content (AvgIpc) is 3.32. The van der Waals surface area contributed by atoms with E-state index in [0.717, 1.165) is 23.8 Å². The van der Waals surface area contributed by atoms with Gasteiger partial charge in [-0.15, -0.1) is 0 Å². The molecule has 2 heteroatoms. The zero-order valence-corrected chi connectivity index (χ0v) is 11.5. The smallest absolute Gasteiger partial charge is 0.134 e. The molecule has 0 aliphatic heterocycles. The third-order valence-electron chi connectivity index (χ3n) is 4.97. The van der Waals surface area contributed by atoms with Crippen molar-refractivity contribution < 1.29 is 4.42 Å². The van der Waals surface area contributed by atoms with E-state index in [-0.39, 0.29) is 0 Å². The Kier molecular flexibility index (Phi) is 2.49. The van der Waals surface area contributed by atoms with Gasteiger partial charge >= 0.3 is 0 Å². The number of rotatable bonds is 5. The predicted octanol–water partition coefficient (Wildman–Crippen LogP) is 4.27. The highest BCUT2D eigenvalue weighted by Gasteiger charge is 2.53. The molecule has 2 saturated carbocycles. The summed E-state index contributed by atoms with van der Waals surface area (Å²) in [6, 6.07) is 10.7. The van der Waals surface area contributed by atoms with Gasteiger partial charge < -0.3 is 9.73 Å². The van der Waals surface area contributed by atoms with Crippen molar-refractivity contribution in [2.45, 2.75) is 38.6 Å². The minimum absolute atomic E-state index is 0.309. The van der Waals surface area contributed by atoms with Gasteiger partial charge in [-0.2, -0.15) is 0 Å². The summed E-state index contributed by atoms with van der Waals surface area (Å²) < 4.78 is 5.93. The number of benzene rings is 1. The Balaban J connectivity index is 1.46. The summed E-state index contributed by atoms with van der Waals surface area (Å²) in [4.78, 5) is 0. The van der Waals surface area contributed by atoms with Crippen molar-refractivity contribution in [1.29, 1.82) is 0 Å². The molecule has 2 nitrogen and oxygen atoms in total. The van der Waals surface area contributed by atoms with Crippen molar-refractivity contribution >= 4 is 11.0 Å².